The Hall–Kier alpha value is -0.0800. The summed E-state index contributed by atoms with van der Waals surface area (Å²) in [5.41, 5.74) is 4.75. The lowest BCUT2D eigenvalue weighted by Gasteiger charge is -2.25. The van der Waals surface area contributed by atoms with Gasteiger partial charge in [-0.3, -0.25) is 0 Å². The van der Waals surface area contributed by atoms with Crippen LogP contribution in [0.2, 0.25) is 0 Å². The van der Waals surface area contributed by atoms with Crippen molar-refractivity contribution in [2.75, 3.05) is 0 Å². The van der Waals surface area contributed by atoms with Crippen LogP contribution in [0, 0.1) is 0 Å². The third-order valence-corrected chi connectivity index (χ3v) is 1.70. The average Bonchev–Trinajstić information content (AvgIpc) is 1.67. The quantitative estimate of drug-likeness (QED) is 0.553. The molecule has 2 heteroatoms. The summed E-state index contributed by atoms with van der Waals surface area (Å²) in [5.74, 6) is 0. The van der Waals surface area contributed by atoms with E-state index in [1.165, 1.54) is 0 Å². The van der Waals surface area contributed by atoms with Crippen molar-refractivity contribution in [2.24, 2.45) is 5.73 Å². The molecular formula is C6H15NO. The maximum absolute atomic E-state index is 9.28. The van der Waals surface area contributed by atoms with Gasteiger partial charge in [0.05, 0.1) is 5.60 Å². The molecule has 0 bridgehead atoms. The lowest BCUT2D eigenvalue weighted by atomic mass is 9.96. The molecule has 8 heavy (non-hydrogen) atoms. The van der Waals surface area contributed by atoms with Gasteiger partial charge in [-0.2, -0.15) is 0 Å². The Labute approximate surface area is 50.7 Å². The molecule has 3 N–H and O–H groups in total. The second-order valence-corrected chi connectivity index (χ2v) is 2.50. The van der Waals surface area contributed by atoms with E-state index >= 15 is 0 Å². The van der Waals surface area contributed by atoms with Crippen LogP contribution in [0.15, 0.2) is 0 Å². The lowest BCUT2D eigenvalue weighted by molar-refractivity contribution is 0.0347. The Balaban J connectivity index is 3.71. The van der Waals surface area contributed by atoms with Gasteiger partial charge in [0.25, 0.3) is 0 Å². The van der Waals surface area contributed by atoms with Crippen molar-refractivity contribution in [3.05, 3.63) is 0 Å². The number of rotatable bonds is 2. The normalized spacial score (nSPS) is 22.1. The highest BCUT2D eigenvalue weighted by atomic mass is 16.3. The number of hydrogen-bond acceptors (Lipinski definition) is 2. The predicted molar refractivity (Wildman–Crippen MR) is 34.6 cm³/mol. The van der Waals surface area contributed by atoms with Gasteiger partial charge >= 0.3 is 0 Å². The zero-order valence-electron chi connectivity index (χ0n) is 5.81. The third-order valence-electron chi connectivity index (χ3n) is 1.70. The van der Waals surface area contributed by atoms with Crippen LogP contribution in [-0.4, -0.2) is 16.7 Å². The summed E-state index contributed by atoms with van der Waals surface area (Å²) >= 11 is 0. The lowest BCUT2D eigenvalue weighted by Crippen LogP contribution is -2.42. The monoisotopic (exact) mass is 117 g/mol. The fourth-order valence-electron chi connectivity index (χ4n) is 0.322. The van der Waals surface area contributed by atoms with E-state index < -0.39 is 5.60 Å². The summed E-state index contributed by atoms with van der Waals surface area (Å²) in [6.45, 7) is 5.48. The molecule has 0 aromatic heterocycles. The average molecular weight is 117 g/mol. The highest BCUT2D eigenvalue weighted by molar-refractivity contribution is 4.79. The molecule has 0 spiro atoms. The Kier molecular flexibility index (Phi) is 2.44. The Morgan fingerprint density at radius 2 is 2.12 bits per heavy atom. The van der Waals surface area contributed by atoms with Crippen molar-refractivity contribution in [3.63, 3.8) is 0 Å². The van der Waals surface area contributed by atoms with E-state index in [9.17, 15) is 5.11 Å². The molecular weight excluding hydrogens is 102 g/mol. The van der Waals surface area contributed by atoms with Gasteiger partial charge in [-0.1, -0.05) is 6.92 Å². The van der Waals surface area contributed by atoms with Gasteiger partial charge in [0.15, 0.2) is 0 Å². The van der Waals surface area contributed by atoms with Crippen LogP contribution in [0.4, 0.5) is 0 Å². The molecule has 0 unspecified atom stereocenters. The van der Waals surface area contributed by atoms with E-state index in [0.29, 0.717) is 6.42 Å². The molecule has 2 nitrogen and oxygen atoms in total. The van der Waals surface area contributed by atoms with Crippen molar-refractivity contribution in [3.8, 4) is 0 Å². The van der Waals surface area contributed by atoms with Crippen LogP contribution < -0.4 is 5.73 Å². The van der Waals surface area contributed by atoms with E-state index in [2.05, 4.69) is 0 Å². The van der Waals surface area contributed by atoms with E-state index in [0.717, 1.165) is 0 Å². The zero-order valence-corrected chi connectivity index (χ0v) is 5.81. The topological polar surface area (TPSA) is 46.2 Å². The molecule has 0 fully saturated rings. The number of aliphatic hydroxyl groups is 1. The zero-order chi connectivity index (χ0) is 6.78. The summed E-state index contributed by atoms with van der Waals surface area (Å²) in [5, 5.41) is 9.28. The van der Waals surface area contributed by atoms with Gasteiger partial charge in [-0.15, -0.1) is 0 Å². The van der Waals surface area contributed by atoms with Gasteiger partial charge in [0.2, 0.25) is 0 Å². The van der Waals surface area contributed by atoms with Crippen LogP contribution in [0.1, 0.15) is 27.2 Å². The number of nitrogens with two attached hydrogens (primary N) is 1. The molecule has 0 aromatic carbocycles. The molecule has 0 amide bonds. The molecule has 0 heterocycles. The van der Waals surface area contributed by atoms with Gasteiger partial charge in [-0.25, -0.2) is 0 Å². The van der Waals surface area contributed by atoms with E-state index in [4.69, 9.17) is 5.73 Å². The smallest absolute Gasteiger partial charge is 0.0764 e. The first-order chi connectivity index (χ1) is 3.50. The summed E-state index contributed by atoms with van der Waals surface area (Å²) < 4.78 is 0. The Morgan fingerprint density at radius 3 is 2.12 bits per heavy atom. The second kappa shape index (κ2) is 2.46. The van der Waals surface area contributed by atoms with Gasteiger partial charge < -0.3 is 10.8 Å². The van der Waals surface area contributed by atoms with E-state index in [1.54, 1.807) is 6.92 Å². The maximum Gasteiger partial charge on any atom is 0.0764 e. The van der Waals surface area contributed by atoms with Crippen LogP contribution in [-0.2, 0) is 0 Å². The number of hydrogen-bond donors (Lipinski definition) is 2. The molecule has 2 atom stereocenters. The molecule has 0 aliphatic rings. The minimum Gasteiger partial charge on any atom is -0.389 e. The first kappa shape index (κ1) is 7.92. The van der Waals surface area contributed by atoms with Crippen molar-refractivity contribution < 1.29 is 5.11 Å². The second-order valence-electron chi connectivity index (χ2n) is 2.50. The molecule has 0 aliphatic carbocycles. The molecule has 0 saturated heterocycles. The fraction of sp³-hybridized carbons (Fsp3) is 1.00. The van der Waals surface area contributed by atoms with Crippen molar-refractivity contribution >= 4 is 0 Å². The highest BCUT2D eigenvalue weighted by Crippen LogP contribution is 2.10. The first-order valence-electron chi connectivity index (χ1n) is 2.98. The van der Waals surface area contributed by atoms with E-state index in [-0.39, 0.29) is 6.04 Å². The summed E-state index contributed by atoms with van der Waals surface area (Å²) in [4.78, 5) is 0. The third kappa shape index (κ3) is 1.80. The summed E-state index contributed by atoms with van der Waals surface area (Å²) in [7, 11) is 0. The molecule has 0 aromatic rings. The standard InChI is InChI=1S/C6H15NO/c1-4-6(3,8)5(2)7/h5,8H,4,7H2,1-3H3/t5-,6+/m0/s1. The van der Waals surface area contributed by atoms with Gasteiger partial charge in [0, 0.05) is 6.04 Å². The molecule has 50 valence electrons. The van der Waals surface area contributed by atoms with Crippen molar-refractivity contribution in [2.45, 2.75) is 38.8 Å². The maximum atomic E-state index is 9.28. The molecule has 0 saturated carbocycles. The van der Waals surface area contributed by atoms with E-state index in [1.807, 2.05) is 13.8 Å². The minimum absolute atomic E-state index is 0.132. The van der Waals surface area contributed by atoms with Crippen LogP contribution in [0.25, 0.3) is 0 Å². The minimum atomic E-state index is -0.681. The van der Waals surface area contributed by atoms with Crippen LogP contribution in [0.5, 0.6) is 0 Å². The van der Waals surface area contributed by atoms with Crippen molar-refractivity contribution in [1.29, 1.82) is 0 Å². The molecule has 0 rings (SSSR count). The molecule has 0 aliphatic heterocycles. The van der Waals surface area contributed by atoms with Gasteiger partial charge in [0.1, 0.15) is 0 Å². The Morgan fingerprint density at radius 1 is 1.75 bits per heavy atom. The molecule has 0 radical (unpaired) electrons. The summed E-state index contributed by atoms with van der Waals surface area (Å²) in [6.07, 6.45) is 0.713. The van der Waals surface area contributed by atoms with Crippen LogP contribution in [0.3, 0.4) is 0 Å². The fourth-order valence-corrected chi connectivity index (χ4v) is 0.322. The van der Waals surface area contributed by atoms with Crippen molar-refractivity contribution in [1.82, 2.24) is 0 Å². The Bertz CT molecular complexity index is 68.9. The van der Waals surface area contributed by atoms with Gasteiger partial charge in [-0.05, 0) is 20.3 Å². The SMILES string of the molecule is CC[C@@](C)(O)[C@H](C)N. The predicted octanol–water partition coefficient (Wildman–Crippen LogP) is 0.495. The summed E-state index contributed by atoms with van der Waals surface area (Å²) in [6, 6.07) is -0.132. The first-order valence-corrected chi connectivity index (χ1v) is 2.98. The van der Waals surface area contributed by atoms with Crippen LogP contribution >= 0.6 is 0 Å². The largest absolute Gasteiger partial charge is 0.389 e. The highest BCUT2D eigenvalue weighted by Gasteiger charge is 2.21.